The molecule has 0 unspecified atom stereocenters. The van der Waals surface area contributed by atoms with E-state index in [2.05, 4.69) is 0 Å². The number of carbonyl (C=O) groups is 1. The van der Waals surface area contributed by atoms with Crippen LogP contribution in [-0.2, 0) is 9.84 Å². The summed E-state index contributed by atoms with van der Waals surface area (Å²) < 4.78 is 27.4. The summed E-state index contributed by atoms with van der Waals surface area (Å²) in [5, 5.41) is 10.7. The molecule has 1 N–H and O–H groups in total. The Morgan fingerprint density at radius 2 is 1.90 bits per heavy atom. The number of aromatic carboxylic acids is 1. The van der Waals surface area contributed by atoms with Crippen LogP contribution in [-0.4, -0.2) is 38.1 Å². The van der Waals surface area contributed by atoms with Gasteiger partial charge in [0.15, 0.2) is 9.84 Å². The topological polar surface area (TPSA) is 80.7 Å². The number of sulfone groups is 1. The summed E-state index contributed by atoms with van der Waals surface area (Å²) in [6.07, 6.45) is 1.11. The van der Waals surface area contributed by atoms with Crippen molar-refractivity contribution in [3.05, 3.63) is 42.0 Å². The van der Waals surface area contributed by atoms with E-state index in [4.69, 9.17) is 4.74 Å². The van der Waals surface area contributed by atoms with Crippen molar-refractivity contribution in [1.29, 1.82) is 0 Å². The second-order valence-corrected chi connectivity index (χ2v) is 6.70. The molecule has 6 heteroatoms. The van der Waals surface area contributed by atoms with Crippen LogP contribution in [0.3, 0.4) is 0 Å². The highest BCUT2D eigenvalue weighted by Crippen LogP contribution is 2.28. The van der Waals surface area contributed by atoms with Gasteiger partial charge in [-0.25, -0.2) is 13.2 Å². The molecule has 2 rings (SSSR count). The second kappa shape index (κ2) is 5.50. The largest absolute Gasteiger partial charge is 0.492 e. The van der Waals surface area contributed by atoms with E-state index in [0.29, 0.717) is 5.39 Å². The number of benzene rings is 2. The fraction of sp³-hybridized carbons (Fsp3) is 0.214. The van der Waals surface area contributed by atoms with Crippen molar-refractivity contribution < 1.29 is 23.1 Å². The van der Waals surface area contributed by atoms with Gasteiger partial charge in [0.25, 0.3) is 0 Å². The molecule has 0 aromatic heterocycles. The van der Waals surface area contributed by atoms with E-state index >= 15 is 0 Å². The molecule has 0 saturated heterocycles. The van der Waals surface area contributed by atoms with Crippen LogP contribution in [0.15, 0.2) is 36.4 Å². The highest BCUT2D eigenvalue weighted by molar-refractivity contribution is 7.90. The van der Waals surface area contributed by atoms with Gasteiger partial charge in [-0.3, -0.25) is 0 Å². The van der Waals surface area contributed by atoms with Gasteiger partial charge in [-0.1, -0.05) is 30.3 Å². The van der Waals surface area contributed by atoms with Gasteiger partial charge in [0.1, 0.15) is 17.9 Å². The van der Waals surface area contributed by atoms with Crippen LogP contribution in [0.2, 0.25) is 0 Å². The Balaban J connectivity index is 2.38. The van der Waals surface area contributed by atoms with Crippen molar-refractivity contribution in [3.63, 3.8) is 0 Å². The third kappa shape index (κ3) is 3.27. The van der Waals surface area contributed by atoms with Crippen LogP contribution in [0.1, 0.15) is 10.4 Å². The fourth-order valence-corrected chi connectivity index (χ4v) is 2.28. The summed E-state index contributed by atoms with van der Waals surface area (Å²) in [5.74, 6) is -1.07. The molecule has 2 aromatic carbocycles. The summed E-state index contributed by atoms with van der Waals surface area (Å²) in [6.45, 7) is -0.0720. The summed E-state index contributed by atoms with van der Waals surface area (Å²) in [6, 6.07) is 10.4. The average molecular weight is 294 g/mol. The highest BCUT2D eigenvalue weighted by atomic mass is 32.2. The van der Waals surface area contributed by atoms with Crippen LogP contribution in [0.4, 0.5) is 0 Å². The lowest BCUT2D eigenvalue weighted by Crippen LogP contribution is -2.13. The van der Waals surface area contributed by atoms with Crippen LogP contribution in [0.5, 0.6) is 5.75 Å². The van der Waals surface area contributed by atoms with E-state index in [1.165, 1.54) is 0 Å². The maximum Gasteiger partial charge on any atom is 0.340 e. The number of ether oxygens (including phenoxy) is 1. The van der Waals surface area contributed by atoms with E-state index in [1.807, 2.05) is 12.1 Å². The van der Waals surface area contributed by atoms with Gasteiger partial charge >= 0.3 is 5.97 Å². The molecule has 0 aliphatic heterocycles. The minimum absolute atomic E-state index is 0.0524. The normalized spacial score (nSPS) is 11.4. The zero-order chi connectivity index (χ0) is 14.8. The first-order valence-electron chi connectivity index (χ1n) is 5.94. The molecular weight excluding hydrogens is 280 g/mol. The molecule has 0 bridgehead atoms. The standard InChI is InChI=1S/C14H14O5S/c1-20(17,18)9-8-19-12-7-6-10-4-2-3-5-11(10)13(12)14(15)16/h2-7H,8-9H2,1H3,(H,15,16). The predicted octanol–water partition coefficient (Wildman–Crippen LogP) is 1.96. The maximum absolute atomic E-state index is 11.4. The molecule has 5 nitrogen and oxygen atoms in total. The lowest BCUT2D eigenvalue weighted by Gasteiger charge is -2.11. The van der Waals surface area contributed by atoms with E-state index < -0.39 is 15.8 Å². The van der Waals surface area contributed by atoms with Gasteiger partial charge in [-0.15, -0.1) is 0 Å². The van der Waals surface area contributed by atoms with E-state index in [1.54, 1.807) is 24.3 Å². The Morgan fingerprint density at radius 1 is 1.20 bits per heavy atom. The van der Waals surface area contributed by atoms with Crippen molar-refractivity contribution in [3.8, 4) is 5.75 Å². The zero-order valence-corrected chi connectivity index (χ0v) is 11.7. The van der Waals surface area contributed by atoms with Gasteiger partial charge in [0.2, 0.25) is 0 Å². The molecule has 0 aliphatic carbocycles. The SMILES string of the molecule is CS(=O)(=O)CCOc1ccc2ccccc2c1C(=O)O. The van der Waals surface area contributed by atoms with Crippen LogP contribution in [0.25, 0.3) is 10.8 Å². The maximum atomic E-state index is 11.4. The van der Waals surface area contributed by atoms with Gasteiger partial charge in [-0.05, 0) is 16.8 Å². The molecule has 0 heterocycles. The molecule has 0 fully saturated rings. The van der Waals surface area contributed by atoms with Gasteiger partial charge in [0, 0.05) is 6.26 Å². The molecule has 0 amide bonds. The number of hydrogen-bond donors (Lipinski definition) is 1. The van der Waals surface area contributed by atoms with Crippen molar-refractivity contribution in [2.75, 3.05) is 18.6 Å². The predicted molar refractivity (Wildman–Crippen MR) is 76.1 cm³/mol. The lowest BCUT2D eigenvalue weighted by molar-refractivity contribution is 0.0695. The Morgan fingerprint density at radius 3 is 2.55 bits per heavy atom. The van der Waals surface area contributed by atoms with Gasteiger partial charge in [0.05, 0.1) is 5.75 Å². The molecular formula is C14H14O5S. The number of fused-ring (bicyclic) bond motifs is 1. The minimum atomic E-state index is -3.14. The summed E-state index contributed by atoms with van der Waals surface area (Å²) in [5.41, 5.74) is 0.0524. The monoisotopic (exact) mass is 294 g/mol. The minimum Gasteiger partial charge on any atom is -0.492 e. The van der Waals surface area contributed by atoms with Crippen LogP contribution >= 0.6 is 0 Å². The summed E-state index contributed by atoms with van der Waals surface area (Å²) in [7, 11) is -3.14. The van der Waals surface area contributed by atoms with Crippen molar-refractivity contribution in [1.82, 2.24) is 0 Å². The quantitative estimate of drug-likeness (QED) is 0.911. The Hall–Kier alpha value is -2.08. The first kappa shape index (κ1) is 14.3. The van der Waals surface area contributed by atoms with E-state index in [9.17, 15) is 18.3 Å². The Labute approximate surface area is 116 Å². The number of rotatable bonds is 5. The zero-order valence-electron chi connectivity index (χ0n) is 10.9. The number of carboxylic acid groups (broad SMARTS) is 1. The average Bonchev–Trinajstić information content (AvgIpc) is 2.36. The molecule has 0 radical (unpaired) electrons. The number of hydrogen-bond acceptors (Lipinski definition) is 4. The van der Waals surface area contributed by atoms with Gasteiger partial charge in [-0.2, -0.15) is 0 Å². The smallest absolute Gasteiger partial charge is 0.340 e. The van der Waals surface area contributed by atoms with Crippen molar-refractivity contribution >= 4 is 26.6 Å². The molecule has 0 spiro atoms. The van der Waals surface area contributed by atoms with Crippen molar-refractivity contribution in [2.45, 2.75) is 0 Å². The second-order valence-electron chi connectivity index (χ2n) is 4.44. The molecule has 20 heavy (non-hydrogen) atoms. The van der Waals surface area contributed by atoms with E-state index in [0.717, 1.165) is 11.6 Å². The third-order valence-electron chi connectivity index (χ3n) is 2.82. The highest BCUT2D eigenvalue weighted by Gasteiger charge is 2.16. The molecule has 106 valence electrons. The van der Waals surface area contributed by atoms with Crippen LogP contribution in [0, 0.1) is 0 Å². The fourth-order valence-electron chi connectivity index (χ4n) is 1.90. The number of carboxylic acids is 1. The molecule has 0 atom stereocenters. The first-order valence-corrected chi connectivity index (χ1v) is 8.00. The Kier molecular flexibility index (Phi) is 3.94. The lowest BCUT2D eigenvalue weighted by atomic mass is 10.0. The van der Waals surface area contributed by atoms with E-state index in [-0.39, 0.29) is 23.7 Å². The van der Waals surface area contributed by atoms with Crippen molar-refractivity contribution in [2.24, 2.45) is 0 Å². The first-order chi connectivity index (χ1) is 9.38. The van der Waals surface area contributed by atoms with Crippen LogP contribution < -0.4 is 4.74 Å². The molecule has 0 aliphatic rings. The Bertz CT molecular complexity index is 749. The molecule has 0 saturated carbocycles. The summed E-state index contributed by atoms with van der Waals surface area (Å²) in [4.78, 5) is 11.4. The van der Waals surface area contributed by atoms with Gasteiger partial charge < -0.3 is 9.84 Å². The third-order valence-corrected chi connectivity index (χ3v) is 3.72. The summed E-state index contributed by atoms with van der Waals surface area (Å²) >= 11 is 0. The molecule has 2 aromatic rings.